The van der Waals surface area contributed by atoms with E-state index in [4.69, 9.17) is 5.11 Å². The van der Waals surface area contributed by atoms with Crippen LogP contribution < -0.4 is 5.32 Å². The second kappa shape index (κ2) is 4.23. The zero-order valence-electron chi connectivity index (χ0n) is 6.99. The monoisotopic (exact) mass is 244 g/mol. The number of rotatable bonds is 3. The third-order valence-corrected chi connectivity index (χ3v) is 1.89. The summed E-state index contributed by atoms with van der Waals surface area (Å²) in [7, 11) is 0. The fourth-order valence-electron chi connectivity index (χ4n) is 0.803. The van der Waals surface area contributed by atoms with E-state index in [1.54, 1.807) is 25.4 Å². The van der Waals surface area contributed by atoms with Crippen molar-refractivity contribution < 1.29 is 9.90 Å². The van der Waals surface area contributed by atoms with Gasteiger partial charge in [-0.3, -0.25) is 9.78 Å². The quantitative estimate of drug-likeness (QED) is 0.851. The van der Waals surface area contributed by atoms with E-state index >= 15 is 0 Å². The van der Waals surface area contributed by atoms with Crippen LogP contribution >= 0.6 is 15.9 Å². The first kappa shape index (κ1) is 9.98. The van der Waals surface area contributed by atoms with Crippen LogP contribution in [0.2, 0.25) is 0 Å². The van der Waals surface area contributed by atoms with Crippen molar-refractivity contribution in [3.05, 3.63) is 22.9 Å². The van der Waals surface area contributed by atoms with Gasteiger partial charge in [-0.1, -0.05) is 0 Å². The second-order valence-electron chi connectivity index (χ2n) is 2.60. The lowest BCUT2D eigenvalue weighted by Crippen LogP contribution is -2.25. The molecule has 70 valence electrons. The number of hydrogen-bond donors (Lipinski definition) is 2. The number of nitrogens with zero attached hydrogens (tertiary/aromatic N) is 1. The Labute approximate surface area is 84.1 Å². The molecule has 0 unspecified atom stereocenters. The van der Waals surface area contributed by atoms with Crippen molar-refractivity contribution in [2.75, 3.05) is 5.32 Å². The van der Waals surface area contributed by atoms with Gasteiger partial charge in [-0.15, -0.1) is 0 Å². The molecule has 1 rings (SSSR count). The molecule has 0 spiro atoms. The van der Waals surface area contributed by atoms with Crippen molar-refractivity contribution in [3.63, 3.8) is 0 Å². The molecule has 0 bridgehead atoms. The largest absolute Gasteiger partial charge is 0.480 e. The molecule has 4 nitrogen and oxygen atoms in total. The molecule has 0 aliphatic rings. The molecule has 0 aliphatic heterocycles. The molecule has 2 N–H and O–H groups in total. The lowest BCUT2D eigenvalue weighted by molar-refractivity contribution is -0.137. The summed E-state index contributed by atoms with van der Waals surface area (Å²) in [6, 6.07) is 1.16. The fraction of sp³-hybridized carbons (Fsp3) is 0.250. The zero-order chi connectivity index (χ0) is 9.84. The van der Waals surface area contributed by atoms with Crippen molar-refractivity contribution in [2.24, 2.45) is 0 Å². The molecular weight excluding hydrogens is 236 g/mol. The molecule has 1 heterocycles. The number of anilines is 1. The Balaban J connectivity index is 2.69. The van der Waals surface area contributed by atoms with Crippen LogP contribution in [0.25, 0.3) is 0 Å². The maximum absolute atomic E-state index is 10.5. The van der Waals surface area contributed by atoms with Crippen LogP contribution in [0.4, 0.5) is 5.69 Å². The molecule has 0 aromatic carbocycles. The highest BCUT2D eigenvalue weighted by atomic mass is 79.9. The van der Waals surface area contributed by atoms with Crippen LogP contribution in [0.5, 0.6) is 0 Å². The summed E-state index contributed by atoms with van der Waals surface area (Å²) in [6.07, 6.45) is 3.21. The fourth-order valence-corrected chi connectivity index (χ4v) is 1.17. The van der Waals surface area contributed by atoms with Gasteiger partial charge in [0.15, 0.2) is 0 Å². The van der Waals surface area contributed by atoms with Crippen molar-refractivity contribution in [1.82, 2.24) is 4.98 Å². The maximum Gasteiger partial charge on any atom is 0.325 e. The van der Waals surface area contributed by atoms with E-state index < -0.39 is 12.0 Å². The summed E-state index contributed by atoms with van der Waals surface area (Å²) in [5.74, 6) is -0.889. The van der Waals surface area contributed by atoms with Gasteiger partial charge in [-0.05, 0) is 28.9 Å². The standard InChI is InChI=1S/C8H9BrN2O2/c1-5(8(12)13)11-7-2-6(9)3-10-4-7/h2-5,11H,1H3,(H,12,13)/t5-/m0/s1. The Bertz CT molecular complexity index is 317. The minimum Gasteiger partial charge on any atom is -0.480 e. The van der Waals surface area contributed by atoms with Crippen LogP contribution in [0, 0.1) is 0 Å². The third kappa shape index (κ3) is 3.02. The molecule has 1 aromatic heterocycles. The smallest absolute Gasteiger partial charge is 0.325 e. The molecular formula is C8H9BrN2O2. The number of halogens is 1. The Morgan fingerprint density at radius 3 is 2.92 bits per heavy atom. The highest BCUT2D eigenvalue weighted by molar-refractivity contribution is 9.10. The second-order valence-corrected chi connectivity index (χ2v) is 3.51. The van der Waals surface area contributed by atoms with Crippen LogP contribution in [0.15, 0.2) is 22.9 Å². The Kier molecular flexibility index (Phi) is 3.25. The van der Waals surface area contributed by atoms with Crippen LogP contribution in [0.1, 0.15) is 6.92 Å². The van der Waals surface area contributed by atoms with Gasteiger partial charge in [0.25, 0.3) is 0 Å². The first-order valence-corrected chi connectivity index (χ1v) is 4.49. The molecule has 0 amide bonds. The van der Waals surface area contributed by atoms with Crippen LogP contribution in [-0.2, 0) is 4.79 Å². The molecule has 13 heavy (non-hydrogen) atoms. The van der Waals surface area contributed by atoms with Crippen LogP contribution in [0.3, 0.4) is 0 Å². The number of aromatic nitrogens is 1. The maximum atomic E-state index is 10.5. The predicted octanol–water partition coefficient (Wildman–Crippen LogP) is 1.73. The summed E-state index contributed by atoms with van der Waals surface area (Å²) < 4.78 is 0.815. The van der Waals surface area contributed by atoms with Gasteiger partial charge in [0, 0.05) is 10.7 Å². The number of nitrogens with one attached hydrogen (secondary N) is 1. The topological polar surface area (TPSA) is 62.2 Å². The summed E-state index contributed by atoms with van der Waals surface area (Å²) in [5.41, 5.74) is 0.685. The van der Waals surface area contributed by atoms with Crippen molar-refractivity contribution in [2.45, 2.75) is 13.0 Å². The summed E-state index contributed by atoms with van der Waals surface area (Å²) in [4.78, 5) is 14.4. The van der Waals surface area contributed by atoms with Gasteiger partial charge in [0.2, 0.25) is 0 Å². The number of pyridine rings is 1. The Morgan fingerprint density at radius 1 is 1.69 bits per heavy atom. The van der Waals surface area contributed by atoms with Gasteiger partial charge >= 0.3 is 5.97 Å². The lowest BCUT2D eigenvalue weighted by Gasteiger charge is -2.09. The van der Waals surface area contributed by atoms with E-state index in [2.05, 4.69) is 26.2 Å². The third-order valence-electron chi connectivity index (χ3n) is 1.46. The lowest BCUT2D eigenvalue weighted by atomic mass is 10.3. The zero-order valence-corrected chi connectivity index (χ0v) is 8.58. The molecule has 0 fully saturated rings. The number of carboxylic acid groups (broad SMARTS) is 1. The summed E-state index contributed by atoms with van der Waals surface area (Å²) in [5, 5.41) is 11.4. The van der Waals surface area contributed by atoms with E-state index in [1.807, 2.05) is 0 Å². The van der Waals surface area contributed by atoms with Crippen molar-refractivity contribution in [1.29, 1.82) is 0 Å². The van der Waals surface area contributed by atoms with E-state index in [0.717, 1.165) is 4.47 Å². The van der Waals surface area contributed by atoms with Gasteiger partial charge < -0.3 is 10.4 Å². The normalized spacial score (nSPS) is 12.2. The van der Waals surface area contributed by atoms with E-state index in [1.165, 1.54) is 0 Å². The van der Waals surface area contributed by atoms with Gasteiger partial charge in [0.05, 0.1) is 11.9 Å². The minimum absolute atomic E-state index is 0.615. The van der Waals surface area contributed by atoms with E-state index in [0.29, 0.717) is 5.69 Å². The highest BCUT2D eigenvalue weighted by Gasteiger charge is 2.09. The van der Waals surface area contributed by atoms with E-state index in [9.17, 15) is 4.79 Å². The molecule has 0 saturated heterocycles. The van der Waals surface area contributed by atoms with Crippen LogP contribution in [-0.4, -0.2) is 22.1 Å². The minimum atomic E-state index is -0.889. The molecule has 5 heteroatoms. The van der Waals surface area contributed by atoms with E-state index in [-0.39, 0.29) is 0 Å². The highest BCUT2D eigenvalue weighted by Crippen LogP contribution is 2.14. The Hall–Kier alpha value is -1.10. The van der Waals surface area contributed by atoms with Gasteiger partial charge in [-0.25, -0.2) is 0 Å². The molecule has 1 aromatic rings. The molecule has 0 saturated carbocycles. The first-order chi connectivity index (χ1) is 6.09. The van der Waals surface area contributed by atoms with Gasteiger partial charge in [-0.2, -0.15) is 0 Å². The average Bonchev–Trinajstić information content (AvgIpc) is 2.04. The first-order valence-electron chi connectivity index (χ1n) is 3.69. The summed E-state index contributed by atoms with van der Waals surface area (Å²) in [6.45, 7) is 1.57. The summed E-state index contributed by atoms with van der Waals surface area (Å²) >= 11 is 3.24. The van der Waals surface area contributed by atoms with Crippen molar-refractivity contribution >= 4 is 27.6 Å². The number of hydrogen-bond acceptors (Lipinski definition) is 3. The molecule has 0 radical (unpaired) electrons. The molecule has 0 aliphatic carbocycles. The number of carboxylic acids is 1. The average molecular weight is 245 g/mol. The van der Waals surface area contributed by atoms with Crippen molar-refractivity contribution in [3.8, 4) is 0 Å². The number of carbonyl (C=O) groups is 1. The van der Waals surface area contributed by atoms with Gasteiger partial charge in [0.1, 0.15) is 6.04 Å². The molecule has 1 atom stereocenters. The Morgan fingerprint density at radius 2 is 2.38 bits per heavy atom. The SMILES string of the molecule is C[C@H](Nc1cncc(Br)c1)C(=O)O. The number of aliphatic carboxylic acids is 1. The predicted molar refractivity (Wildman–Crippen MR) is 52.7 cm³/mol.